The molecule has 1 aliphatic carbocycles. The Morgan fingerprint density at radius 2 is 1.85 bits per heavy atom. The molecule has 4 rings (SSSR count). The molecule has 0 aromatic heterocycles. The maximum Gasteiger partial charge on any atom is 0.231 e. The first-order valence-electron chi connectivity index (χ1n) is 10.7. The third-order valence-electron chi connectivity index (χ3n) is 6.13. The van der Waals surface area contributed by atoms with Crippen LogP contribution in [0.4, 0.5) is 0 Å². The van der Waals surface area contributed by atoms with Crippen LogP contribution in [-0.4, -0.2) is 32.2 Å². The molecular weight excluding hydrogens is 448 g/mol. The molecule has 3 aliphatic rings. The van der Waals surface area contributed by atoms with E-state index >= 15 is 0 Å². The van der Waals surface area contributed by atoms with E-state index in [1.54, 1.807) is 0 Å². The Morgan fingerprint density at radius 1 is 1.21 bits per heavy atom. The van der Waals surface area contributed by atoms with Gasteiger partial charge in [-0.25, -0.2) is 0 Å². The number of ether oxygens (including phenoxy) is 5. The van der Waals surface area contributed by atoms with Gasteiger partial charge in [0.1, 0.15) is 17.4 Å². The number of carbonyl (C=O) groups is 1. The second-order valence-corrected chi connectivity index (χ2v) is 9.96. The van der Waals surface area contributed by atoms with Crippen molar-refractivity contribution in [3.05, 3.63) is 33.9 Å². The predicted octanol–water partition coefficient (Wildman–Crippen LogP) is 4.05. The highest BCUT2D eigenvalue weighted by atomic mass is 35.5. The summed E-state index contributed by atoms with van der Waals surface area (Å²) in [5.74, 6) is 1.06. The first-order valence-corrected chi connectivity index (χ1v) is 11.1. The van der Waals surface area contributed by atoms with E-state index in [-0.39, 0.29) is 34.8 Å². The molecule has 2 atom stereocenters. The molecule has 0 spiro atoms. The van der Waals surface area contributed by atoms with Gasteiger partial charge in [0.2, 0.25) is 24.2 Å². The topological polar surface area (TPSA) is 113 Å². The van der Waals surface area contributed by atoms with Crippen LogP contribution in [0.1, 0.15) is 50.7 Å². The zero-order valence-electron chi connectivity index (χ0n) is 19.3. The molecule has 0 bridgehead atoms. The molecule has 9 heteroatoms. The molecule has 1 aromatic rings. The number of ketones is 1. The normalized spacial score (nSPS) is 21.8. The summed E-state index contributed by atoms with van der Waals surface area (Å²) in [7, 11) is 3.02. The van der Waals surface area contributed by atoms with E-state index in [9.17, 15) is 10.1 Å². The summed E-state index contributed by atoms with van der Waals surface area (Å²) < 4.78 is 28.8. The van der Waals surface area contributed by atoms with Crippen LogP contribution in [0.2, 0.25) is 0 Å². The van der Waals surface area contributed by atoms with Gasteiger partial charge < -0.3 is 29.4 Å². The number of alkyl halides is 1. The van der Waals surface area contributed by atoms with Crippen molar-refractivity contribution in [1.82, 2.24) is 0 Å². The van der Waals surface area contributed by atoms with Gasteiger partial charge in [-0.2, -0.15) is 5.26 Å². The first-order chi connectivity index (χ1) is 15.6. The molecule has 0 amide bonds. The van der Waals surface area contributed by atoms with Crippen molar-refractivity contribution in [2.75, 3.05) is 21.0 Å². The Hall–Kier alpha value is -3.05. The second kappa shape index (κ2) is 8.38. The Labute approximate surface area is 197 Å². The summed E-state index contributed by atoms with van der Waals surface area (Å²) >= 11 is 6.43. The lowest BCUT2D eigenvalue weighted by molar-refractivity contribution is -0.119. The van der Waals surface area contributed by atoms with Gasteiger partial charge >= 0.3 is 0 Å². The van der Waals surface area contributed by atoms with Gasteiger partial charge in [-0.15, -0.1) is 11.6 Å². The summed E-state index contributed by atoms with van der Waals surface area (Å²) in [6.45, 7) is 5.83. The molecule has 2 heterocycles. The quantitative estimate of drug-likeness (QED) is 0.636. The number of nitrogens with two attached hydrogens (primary N) is 1. The number of rotatable bonds is 5. The summed E-state index contributed by atoms with van der Waals surface area (Å²) in [6.07, 6.45) is 1.19. The molecule has 33 heavy (non-hydrogen) atoms. The van der Waals surface area contributed by atoms with Crippen LogP contribution in [0.3, 0.4) is 0 Å². The van der Waals surface area contributed by atoms with Crippen molar-refractivity contribution in [3.8, 4) is 29.1 Å². The van der Waals surface area contributed by atoms with Gasteiger partial charge in [-0.05, 0) is 18.8 Å². The van der Waals surface area contributed by atoms with Crippen molar-refractivity contribution in [2.24, 2.45) is 11.1 Å². The van der Waals surface area contributed by atoms with Crippen LogP contribution in [0.25, 0.3) is 0 Å². The largest absolute Gasteiger partial charge is 0.492 e. The van der Waals surface area contributed by atoms with Crippen LogP contribution in [0.15, 0.2) is 22.8 Å². The Morgan fingerprint density at radius 3 is 2.42 bits per heavy atom. The number of allylic oxidation sites excluding steroid dienone is 3. The van der Waals surface area contributed by atoms with Gasteiger partial charge in [0.25, 0.3) is 0 Å². The number of carbonyl (C=O) groups excluding carboxylic acids is 1. The van der Waals surface area contributed by atoms with Crippen molar-refractivity contribution >= 4 is 17.4 Å². The maximum absolute atomic E-state index is 13.5. The maximum atomic E-state index is 13.5. The number of methoxy groups -OCH3 is 2. The summed E-state index contributed by atoms with van der Waals surface area (Å²) in [4.78, 5) is 13.5. The third kappa shape index (κ3) is 3.74. The first kappa shape index (κ1) is 23.1. The van der Waals surface area contributed by atoms with E-state index in [0.717, 1.165) is 0 Å². The third-order valence-corrected chi connectivity index (χ3v) is 6.28. The average Bonchev–Trinajstić information content (AvgIpc) is 3.19. The number of Topliss-reactive ketones (excluding diaryl/α,β-unsaturated/α-hetero) is 1. The van der Waals surface area contributed by atoms with E-state index in [2.05, 4.69) is 6.07 Å². The molecule has 1 aromatic carbocycles. The van der Waals surface area contributed by atoms with Crippen LogP contribution in [-0.2, 0) is 16.0 Å². The summed E-state index contributed by atoms with van der Waals surface area (Å²) in [5, 5.41) is 9.78. The molecule has 0 radical (unpaired) electrons. The minimum atomic E-state index is -0.814. The molecule has 0 fully saturated rings. The number of hydrogen-bond donors (Lipinski definition) is 1. The number of nitrogens with zero attached hydrogens (tertiary/aromatic N) is 1. The van der Waals surface area contributed by atoms with E-state index in [1.807, 2.05) is 20.8 Å². The number of nitriles is 1. The van der Waals surface area contributed by atoms with Crippen LogP contribution in [0.5, 0.6) is 23.0 Å². The fraction of sp³-hybridized carbons (Fsp3) is 0.500. The zero-order valence-corrected chi connectivity index (χ0v) is 20.1. The molecule has 0 saturated carbocycles. The predicted molar refractivity (Wildman–Crippen MR) is 120 cm³/mol. The monoisotopic (exact) mass is 474 g/mol. The molecule has 0 unspecified atom stereocenters. The Kier molecular flexibility index (Phi) is 5.87. The fourth-order valence-electron chi connectivity index (χ4n) is 4.92. The molecular formula is C24H27ClN2O6. The smallest absolute Gasteiger partial charge is 0.231 e. The molecule has 0 saturated heterocycles. The highest BCUT2D eigenvalue weighted by Gasteiger charge is 2.46. The lowest BCUT2D eigenvalue weighted by atomic mass is 9.69. The van der Waals surface area contributed by atoms with Crippen molar-refractivity contribution < 1.29 is 28.5 Å². The second-order valence-electron chi connectivity index (χ2n) is 9.21. The van der Waals surface area contributed by atoms with Crippen molar-refractivity contribution in [1.29, 1.82) is 5.26 Å². The van der Waals surface area contributed by atoms with Gasteiger partial charge in [0.05, 0.1) is 20.1 Å². The number of fused-ring (bicyclic) bond motifs is 1. The number of benzene rings is 1. The molecule has 2 aliphatic heterocycles. The lowest BCUT2D eigenvalue weighted by Crippen LogP contribution is -2.34. The zero-order chi connectivity index (χ0) is 24.1. The van der Waals surface area contributed by atoms with Gasteiger partial charge in [0.15, 0.2) is 17.3 Å². The van der Waals surface area contributed by atoms with Gasteiger partial charge in [0, 0.05) is 34.9 Å². The van der Waals surface area contributed by atoms with E-state index in [1.165, 1.54) is 14.2 Å². The van der Waals surface area contributed by atoms with Crippen molar-refractivity contribution in [2.45, 2.75) is 51.3 Å². The van der Waals surface area contributed by atoms with Crippen LogP contribution >= 0.6 is 11.6 Å². The SMILES string of the molecule is COc1c(C[C@H](C)Cl)c([C@@H]2C(C#N)=C(N)OC3=C2C(=O)CC(C)(C)C3)c(OC)c2c1OCO2. The molecule has 176 valence electrons. The number of halogens is 1. The average molecular weight is 475 g/mol. The molecule has 2 N–H and O–H groups in total. The minimum absolute atomic E-state index is 0.0146. The lowest BCUT2D eigenvalue weighted by Gasteiger charge is -2.38. The number of hydrogen-bond acceptors (Lipinski definition) is 8. The van der Waals surface area contributed by atoms with Crippen LogP contribution < -0.4 is 24.7 Å². The summed E-state index contributed by atoms with van der Waals surface area (Å²) in [5.41, 5.74) is 7.67. The van der Waals surface area contributed by atoms with Crippen LogP contribution in [0, 0.1) is 16.7 Å². The highest BCUT2D eigenvalue weighted by Crippen LogP contribution is 2.58. The Balaban J connectivity index is 2.09. The fourth-order valence-corrected chi connectivity index (χ4v) is 5.07. The van der Waals surface area contributed by atoms with Crippen molar-refractivity contribution in [3.63, 3.8) is 0 Å². The van der Waals surface area contributed by atoms with Gasteiger partial charge in [-0.1, -0.05) is 13.8 Å². The summed E-state index contributed by atoms with van der Waals surface area (Å²) in [6, 6.07) is 2.16. The molecule has 8 nitrogen and oxygen atoms in total. The Bertz CT molecular complexity index is 1130. The van der Waals surface area contributed by atoms with Gasteiger partial charge in [-0.3, -0.25) is 4.79 Å². The van der Waals surface area contributed by atoms with E-state index in [0.29, 0.717) is 64.7 Å². The highest BCUT2D eigenvalue weighted by molar-refractivity contribution is 6.20. The minimum Gasteiger partial charge on any atom is -0.492 e. The van der Waals surface area contributed by atoms with E-state index in [4.69, 9.17) is 41.0 Å². The standard InChI is InChI=1S/C24H27ClN2O6/c1-11(25)6-12-17(20(30-5)22-21(19(12)29-4)31-10-32-22)16-13(9-26)23(27)33-15-8-24(2,3)7-14(28)18(15)16/h11,16H,6-8,10,27H2,1-5H3/t11-,16-/m0/s1. The van der Waals surface area contributed by atoms with E-state index < -0.39 is 5.92 Å².